The van der Waals surface area contributed by atoms with E-state index < -0.39 is 17.8 Å². The first-order valence-electron chi connectivity index (χ1n) is 12.3. The van der Waals surface area contributed by atoms with Gasteiger partial charge in [0.05, 0.1) is 17.3 Å². The van der Waals surface area contributed by atoms with Crippen molar-refractivity contribution >= 4 is 17.2 Å². The van der Waals surface area contributed by atoms with Crippen LogP contribution in [0, 0.1) is 5.82 Å². The molecule has 3 aromatic rings. The molecule has 0 aliphatic carbocycles. The fraction of sp³-hybridized carbons (Fsp3) is 0.385. The van der Waals surface area contributed by atoms with Crippen LogP contribution in [0.1, 0.15) is 57.7 Å². The molecule has 0 spiro atoms. The zero-order valence-electron chi connectivity index (χ0n) is 19.7. The summed E-state index contributed by atoms with van der Waals surface area (Å²) < 4.78 is 16.2. The number of aliphatic imine (C=N–C) groups is 1. The number of likely N-dealkylation sites (tertiary alicyclic amines) is 1. The van der Waals surface area contributed by atoms with Crippen molar-refractivity contribution in [3.63, 3.8) is 0 Å². The fourth-order valence-corrected chi connectivity index (χ4v) is 5.13. The summed E-state index contributed by atoms with van der Waals surface area (Å²) in [5.41, 5.74) is 6.81. The second kappa shape index (κ2) is 9.53. The molecule has 3 aliphatic heterocycles. The number of benzene rings is 2. The van der Waals surface area contributed by atoms with Gasteiger partial charge in [-0.2, -0.15) is 5.10 Å². The Labute approximate surface area is 207 Å². The molecule has 0 saturated carbocycles. The van der Waals surface area contributed by atoms with E-state index in [-0.39, 0.29) is 24.5 Å². The number of aromatic nitrogens is 3. The molecule has 2 aromatic carbocycles. The highest BCUT2D eigenvalue weighted by atomic mass is 19.1. The van der Waals surface area contributed by atoms with Crippen LogP contribution in [0.4, 0.5) is 10.1 Å². The van der Waals surface area contributed by atoms with Crippen LogP contribution in [0.2, 0.25) is 0 Å². The maximum Gasteiger partial charge on any atom is 0.185 e. The number of anilines is 1. The number of nitrogens with zero attached hydrogens (tertiary/aromatic N) is 5. The largest absolute Gasteiger partial charge is 0.396 e. The molecule has 10 heteroatoms. The second-order valence-corrected chi connectivity index (χ2v) is 9.41. The molecule has 2 N–H and O–H groups in total. The van der Waals surface area contributed by atoms with Crippen molar-refractivity contribution < 1.29 is 19.1 Å². The molecule has 0 amide bonds. The number of carbonyl (C=O) groups excluding carboxylic acids is 1. The summed E-state index contributed by atoms with van der Waals surface area (Å²) in [7, 11) is 0. The third-order valence-electron chi connectivity index (χ3n) is 7.06. The van der Waals surface area contributed by atoms with Gasteiger partial charge < -0.3 is 5.11 Å². The quantitative estimate of drug-likeness (QED) is 0.525. The van der Waals surface area contributed by atoms with Crippen LogP contribution in [0.15, 0.2) is 47.7 Å². The molecule has 2 atom stereocenters. The predicted octanol–water partition coefficient (Wildman–Crippen LogP) is 2.87. The third kappa shape index (κ3) is 4.11. The average molecular weight is 491 g/mol. The summed E-state index contributed by atoms with van der Waals surface area (Å²) in [4.78, 5) is 30.5. The first-order chi connectivity index (χ1) is 17.6. The summed E-state index contributed by atoms with van der Waals surface area (Å²) in [5.74, 6) is -0.675. The Morgan fingerprint density at radius 1 is 1.19 bits per heavy atom. The molecule has 1 saturated heterocycles. The van der Waals surface area contributed by atoms with E-state index in [0.717, 1.165) is 25.2 Å². The molecular weight excluding hydrogens is 463 g/mol. The Morgan fingerprint density at radius 3 is 2.78 bits per heavy atom. The lowest BCUT2D eigenvalue weighted by molar-refractivity contribution is 0.0916. The number of aryl methyl sites for hydroxylation is 1. The van der Waals surface area contributed by atoms with Crippen LogP contribution in [-0.4, -0.2) is 62.5 Å². The Balaban J connectivity index is 1.45. The Hall–Kier alpha value is -3.47. The number of hydrogen-bond acceptors (Lipinski definition) is 8. The van der Waals surface area contributed by atoms with E-state index in [0.29, 0.717) is 35.8 Å². The Morgan fingerprint density at radius 2 is 2.03 bits per heavy atom. The average Bonchev–Trinajstić information content (AvgIpc) is 3.25. The van der Waals surface area contributed by atoms with Gasteiger partial charge in [0.15, 0.2) is 5.78 Å². The molecule has 2 unspecified atom stereocenters. The molecule has 1 aromatic heterocycles. The monoisotopic (exact) mass is 490 g/mol. The number of nitrogens with one attached hydrogen (secondary N) is 1. The standard InChI is InChI=1S/C26H27FN6O3/c27-18-11-19-21(35)13-28-24-22(19)20(12-18)31-36-25(23(24)26-29-15-30-33(26)9-2-10-34)17-5-3-16(4-6-17)14-32-7-1-8-32/h3-6,11-12,15,23,25,31,34H,1-2,7-10,13-14H2. The van der Waals surface area contributed by atoms with Crippen LogP contribution in [0.5, 0.6) is 0 Å². The summed E-state index contributed by atoms with van der Waals surface area (Å²) >= 11 is 0. The molecule has 0 bridgehead atoms. The van der Waals surface area contributed by atoms with Gasteiger partial charge in [0, 0.05) is 30.8 Å². The zero-order chi connectivity index (χ0) is 24.6. The number of aliphatic hydroxyl groups is 1. The Kier molecular flexibility index (Phi) is 6.08. The second-order valence-electron chi connectivity index (χ2n) is 9.41. The highest BCUT2D eigenvalue weighted by Crippen LogP contribution is 2.43. The predicted molar refractivity (Wildman–Crippen MR) is 130 cm³/mol. The van der Waals surface area contributed by atoms with Gasteiger partial charge in [-0.1, -0.05) is 24.3 Å². The summed E-state index contributed by atoms with van der Waals surface area (Å²) in [6, 6.07) is 10.8. The Bertz CT molecular complexity index is 1320. The van der Waals surface area contributed by atoms with Crippen molar-refractivity contribution in [3.05, 3.63) is 76.6 Å². The minimum Gasteiger partial charge on any atom is -0.396 e. The van der Waals surface area contributed by atoms with Crippen molar-refractivity contribution in [2.75, 3.05) is 31.7 Å². The number of aliphatic hydroxyl groups excluding tert-OH is 1. The van der Waals surface area contributed by atoms with Crippen LogP contribution in [0.25, 0.3) is 0 Å². The lowest BCUT2D eigenvalue weighted by Gasteiger charge is -2.31. The first kappa shape index (κ1) is 23.0. The molecule has 1 fully saturated rings. The maximum absolute atomic E-state index is 14.4. The molecule has 186 valence electrons. The first-order valence-corrected chi connectivity index (χ1v) is 12.3. The summed E-state index contributed by atoms with van der Waals surface area (Å²) in [6.45, 7) is 3.56. The van der Waals surface area contributed by atoms with Gasteiger partial charge in [0.1, 0.15) is 30.6 Å². The highest BCUT2D eigenvalue weighted by molar-refractivity contribution is 6.20. The van der Waals surface area contributed by atoms with Crippen molar-refractivity contribution in [3.8, 4) is 0 Å². The maximum atomic E-state index is 14.4. The van der Waals surface area contributed by atoms with Crippen LogP contribution in [0.3, 0.4) is 0 Å². The van der Waals surface area contributed by atoms with Crippen molar-refractivity contribution in [2.24, 2.45) is 4.99 Å². The van der Waals surface area contributed by atoms with Crippen LogP contribution < -0.4 is 5.48 Å². The van der Waals surface area contributed by atoms with Crippen molar-refractivity contribution in [1.29, 1.82) is 0 Å². The van der Waals surface area contributed by atoms with Gasteiger partial charge in [0.2, 0.25) is 0 Å². The van der Waals surface area contributed by atoms with Gasteiger partial charge in [-0.25, -0.2) is 14.1 Å². The van der Waals surface area contributed by atoms with E-state index in [1.165, 1.54) is 30.4 Å². The van der Waals surface area contributed by atoms with Gasteiger partial charge in [0.25, 0.3) is 0 Å². The zero-order valence-corrected chi connectivity index (χ0v) is 19.7. The molecule has 36 heavy (non-hydrogen) atoms. The van der Waals surface area contributed by atoms with Crippen LogP contribution in [-0.2, 0) is 17.9 Å². The van der Waals surface area contributed by atoms with E-state index in [1.54, 1.807) is 4.68 Å². The van der Waals surface area contributed by atoms with Gasteiger partial charge in [-0.05, 0) is 49.2 Å². The number of rotatable bonds is 7. The highest BCUT2D eigenvalue weighted by Gasteiger charge is 2.41. The van der Waals surface area contributed by atoms with E-state index in [9.17, 15) is 14.3 Å². The molecule has 0 radical (unpaired) electrons. The summed E-state index contributed by atoms with van der Waals surface area (Å²) in [5, 5.41) is 13.8. The topological polar surface area (TPSA) is 105 Å². The number of halogens is 1. The minimum atomic E-state index is -0.574. The van der Waals surface area contributed by atoms with E-state index in [1.807, 2.05) is 12.1 Å². The van der Waals surface area contributed by atoms with Gasteiger partial charge >= 0.3 is 0 Å². The van der Waals surface area contributed by atoms with Gasteiger partial charge in [-0.3, -0.25) is 25.0 Å². The smallest absolute Gasteiger partial charge is 0.185 e. The number of carbonyl (C=O) groups is 1. The van der Waals surface area contributed by atoms with Crippen molar-refractivity contribution in [2.45, 2.75) is 38.0 Å². The fourth-order valence-electron chi connectivity index (χ4n) is 5.13. The molecule has 3 aliphatic rings. The molecular formula is C26H27FN6O3. The van der Waals surface area contributed by atoms with E-state index in [2.05, 4.69) is 37.6 Å². The SMILES string of the molecule is O=C1CN=C2c3c(cc(F)cc31)NOC(c1ccc(CN3CCC3)cc1)C2c1ncnn1CCCO. The van der Waals surface area contributed by atoms with Crippen LogP contribution >= 0.6 is 0 Å². The number of ketones is 1. The van der Waals surface area contributed by atoms with Crippen molar-refractivity contribution in [1.82, 2.24) is 19.7 Å². The minimum absolute atomic E-state index is 0.0195. The number of hydrogen-bond donors (Lipinski definition) is 2. The lowest BCUT2D eigenvalue weighted by atomic mass is 9.83. The van der Waals surface area contributed by atoms with E-state index in [4.69, 9.17) is 4.84 Å². The third-order valence-corrected chi connectivity index (χ3v) is 7.06. The normalized spacial score (nSPS) is 21.3. The molecule has 6 rings (SSSR count). The lowest BCUT2D eigenvalue weighted by Crippen LogP contribution is -2.36. The van der Waals surface area contributed by atoms with Gasteiger partial charge in [-0.15, -0.1) is 0 Å². The van der Waals surface area contributed by atoms with E-state index >= 15 is 0 Å². The number of Topliss-reactive ketones (excluding diaryl/α,β-unsaturated/α-hetero) is 1. The molecule has 9 nitrogen and oxygen atoms in total. The summed E-state index contributed by atoms with van der Waals surface area (Å²) in [6.07, 6.45) is 2.65. The molecule has 4 heterocycles.